The SMILES string of the molecule is CCOC(=O)c1cc(OC)cc(I)c1C#N. The normalized spacial score (nSPS) is 9.38. The molecule has 0 amide bonds. The van der Waals surface area contributed by atoms with Gasteiger partial charge in [-0.1, -0.05) is 0 Å². The number of methoxy groups -OCH3 is 1. The van der Waals surface area contributed by atoms with Gasteiger partial charge < -0.3 is 9.47 Å². The smallest absolute Gasteiger partial charge is 0.339 e. The van der Waals surface area contributed by atoms with E-state index >= 15 is 0 Å². The molecule has 5 heteroatoms. The van der Waals surface area contributed by atoms with Crippen molar-refractivity contribution in [3.63, 3.8) is 0 Å². The molecular weight excluding hydrogens is 321 g/mol. The summed E-state index contributed by atoms with van der Waals surface area (Å²) >= 11 is 1.99. The molecule has 1 aromatic carbocycles. The summed E-state index contributed by atoms with van der Waals surface area (Å²) in [7, 11) is 1.51. The van der Waals surface area contributed by atoms with Crippen LogP contribution in [0.15, 0.2) is 12.1 Å². The maximum atomic E-state index is 11.6. The fraction of sp³-hybridized carbons (Fsp3) is 0.273. The second kappa shape index (κ2) is 5.70. The van der Waals surface area contributed by atoms with E-state index < -0.39 is 5.97 Å². The van der Waals surface area contributed by atoms with E-state index in [1.807, 2.05) is 28.7 Å². The van der Waals surface area contributed by atoms with Crippen LogP contribution in [-0.2, 0) is 4.74 Å². The number of esters is 1. The topological polar surface area (TPSA) is 59.3 Å². The molecule has 0 N–H and O–H groups in total. The van der Waals surface area contributed by atoms with E-state index in [4.69, 9.17) is 14.7 Å². The van der Waals surface area contributed by atoms with Crippen molar-refractivity contribution in [3.8, 4) is 11.8 Å². The predicted octanol–water partition coefficient (Wildman–Crippen LogP) is 2.35. The molecule has 0 aliphatic carbocycles. The zero-order valence-corrected chi connectivity index (χ0v) is 11.1. The summed E-state index contributed by atoms with van der Waals surface area (Å²) in [5.74, 6) is 0.0299. The van der Waals surface area contributed by atoms with Crippen LogP contribution in [0.4, 0.5) is 0 Å². The molecule has 4 nitrogen and oxygen atoms in total. The molecule has 84 valence electrons. The van der Waals surface area contributed by atoms with Crippen LogP contribution in [-0.4, -0.2) is 19.7 Å². The third kappa shape index (κ3) is 2.64. The van der Waals surface area contributed by atoms with Gasteiger partial charge in [0.15, 0.2) is 0 Å². The van der Waals surface area contributed by atoms with Gasteiger partial charge in [0, 0.05) is 3.57 Å². The Kier molecular flexibility index (Phi) is 4.55. The molecule has 0 fully saturated rings. The van der Waals surface area contributed by atoms with Crippen molar-refractivity contribution in [1.82, 2.24) is 0 Å². The molecule has 0 atom stereocenters. The molecule has 0 aliphatic rings. The van der Waals surface area contributed by atoms with Crippen molar-refractivity contribution in [2.45, 2.75) is 6.92 Å². The monoisotopic (exact) mass is 331 g/mol. The molecule has 1 aromatic rings. The average Bonchev–Trinajstić information content (AvgIpc) is 2.28. The summed E-state index contributed by atoms with van der Waals surface area (Å²) in [5, 5.41) is 8.98. The molecular formula is C11H10INO3. The van der Waals surface area contributed by atoms with Crippen LogP contribution in [0.5, 0.6) is 5.75 Å². The van der Waals surface area contributed by atoms with Gasteiger partial charge >= 0.3 is 5.97 Å². The first-order valence-electron chi connectivity index (χ1n) is 4.58. The Morgan fingerprint density at radius 3 is 2.75 bits per heavy atom. The lowest BCUT2D eigenvalue weighted by Gasteiger charge is -2.08. The highest BCUT2D eigenvalue weighted by Gasteiger charge is 2.17. The van der Waals surface area contributed by atoms with Crippen LogP contribution in [0.2, 0.25) is 0 Å². The average molecular weight is 331 g/mol. The van der Waals surface area contributed by atoms with Gasteiger partial charge in [-0.15, -0.1) is 0 Å². The van der Waals surface area contributed by atoms with Crippen molar-refractivity contribution >= 4 is 28.6 Å². The van der Waals surface area contributed by atoms with Gasteiger partial charge in [-0.2, -0.15) is 5.26 Å². The number of ether oxygens (including phenoxy) is 2. The number of carbonyl (C=O) groups is 1. The highest BCUT2D eigenvalue weighted by atomic mass is 127. The minimum absolute atomic E-state index is 0.244. The molecule has 1 rings (SSSR count). The molecule has 0 aromatic heterocycles. The van der Waals surface area contributed by atoms with Gasteiger partial charge in [0.2, 0.25) is 0 Å². The van der Waals surface area contributed by atoms with Crippen molar-refractivity contribution < 1.29 is 14.3 Å². The summed E-state index contributed by atoms with van der Waals surface area (Å²) in [6.07, 6.45) is 0. The number of hydrogen-bond donors (Lipinski definition) is 0. The number of hydrogen-bond acceptors (Lipinski definition) is 4. The Balaban J connectivity index is 3.29. The minimum Gasteiger partial charge on any atom is -0.497 e. The second-order valence-electron chi connectivity index (χ2n) is 2.86. The van der Waals surface area contributed by atoms with Gasteiger partial charge in [-0.25, -0.2) is 4.79 Å². The number of nitriles is 1. The Morgan fingerprint density at radius 2 is 2.25 bits per heavy atom. The van der Waals surface area contributed by atoms with Gasteiger partial charge in [0.1, 0.15) is 11.8 Å². The van der Waals surface area contributed by atoms with Crippen LogP contribution in [0.3, 0.4) is 0 Å². The number of benzene rings is 1. The van der Waals surface area contributed by atoms with E-state index in [0.717, 1.165) is 0 Å². The van der Waals surface area contributed by atoms with E-state index in [1.165, 1.54) is 13.2 Å². The third-order valence-corrected chi connectivity index (χ3v) is 2.76. The van der Waals surface area contributed by atoms with Crippen LogP contribution in [0, 0.1) is 14.9 Å². The fourth-order valence-corrected chi connectivity index (χ4v) is 1.90. The first-order valence-corrected chi connectivity index (χ1v) is 5.66. The molecule has 0 saturated heterocycles. The van der Waals surface area contributed by atoms with Crippen LogP contribution in [0.25, 0.3) is 0 Å². The first-order chi connectivity index (χ1) is 7.63. The van der Waals surface area contributed by atoms with Gasteiger partial charge in [-0.05, 0) is 41.6 Å². The lowest BCUT2D eigenvalue weighted by molar-refractivity contribution is 0.0525. The number of nitrogens with zero attached hydrogens (tertiary/aromatic N) is 1. The summed E-state index contributed by atoms with van der Waals surface area (Å²) in [5.41, 5.74) is 0.563. The fourth-order valence-electron chi connectivity index (χ4n) is 1.18. The lowest BCUT2D eigenvalue weighted by Crippen LogP contribution is -2.08. The zero-order valence-electron chi connectivity index (χ0n) is 8.91. The first kappa shape index (κ1) is 12.8. The standard InChI is InChI=1S/C11H10INO3/c1-3-16-11(14)8-4-7(15-2)5-10(12)9(8)6-13/h4-5H,3H2,1-2H3. The molecule has 0 unspecified atom stereocenters. The maximum Gasteiger partial charge on any atom is 0.339 e. The summed E-state index contributed by atoms with van der Waals surface area (Å²) in [6.45, 7) is 1.99. The maximum absolute atomic E-state index is 11.6. The highest BCUT2D eigenvalue weighted by molar-refractivity contribution is 14.1. The van der Waals surface area contributed by atoms with Crippen molar-refractivity contribution in [3.05, 3.63) is 26.8 Å². The zero-order chi connectivity index (χ0) is 12.1. The second-order valence-corrected chi connectivity index (χ2v) is 4.03. The van der Waals surface area contributed by atoms with Crippen LogP contribution < -0.4 is 4.74 Å². The third-order valence-electron chi connectivity index (χ3n) is 1.91. The van der Waals surface area contributed by atoms with Crippen LogP contribution >= 0.6 is 22.6 Å². The number of rotatable bonds is 3. The molecule has 0 bridgehead atoms. The van der Waals surface area contributed by atoms with Crippen molar-refractivity contribution in [2.24, 2.45) is 0 Å². The number of halogens is 1. The lowest BCUT2D eigenvalue weighted by atomic mass is 10.1. The van der Waals surface area contributed by atoms with Gasteiger partial charge in [-0.3, -0.25) is 0 Å². The summed E-state index contributed by atoms with van der Waals surface area (Å²) < 4.78 is 10.6. The van der Waals surface area contributed by atoms with Crippen LogP contribution in [0.1, 0.15) is 22.8 Å². The largest absolute Gasteiger partial charge is 0.497 e. The Hall–Kier alpha value is -1.29. The van der Waals surface area contributed by atoms with Crippen molar-refractivity contribution in [1.29, 1.82) is 5.26 Å². The minimum atomic E-state index is -0.504. The molecule has 16 heavy (non-hydrogen) atoms. The molecule has 0 spiro atoms. The van der Waals surface area contributed by atoms with Gasteiger partial charge in [0.25, 0.3) is 0 Å². The molecule has 0 aliphatic heterocycles. The van der Waals surface area contributed by atoms with E-state index in [0.29, 0.717) is 14.9 Å². The van der Waals surface area contributed by atoms with E-state index in [1.54, 1.807) is 13.0 Å². The van der Waals surface area contributed by atoms with Gasteiger partial charge in [0.05, 0.1) is 24.8 Å². The summed E-state index contributed by atoms with van der Waals surface area (Å²) in [6, 6.07) is 5.20. The molecule has 0 radical (unpaired) electrons. The quantitative estimate of drug-likeness (QED) is 0.630. The highest BCUT2D eigenvalue weighted by Crippen LogP contribution is 2.24. The Bertz CT molecular complexity index is 451. The predicted molar refractivity (Wildman–Crippen MR) is 66.4 cm³/mol. The van der Waals surface area contributed by atoms with E-state index in [2.05, 4.69) is 0 Å². The van der Waals surface area contributed by atoms with E-state index in [9.17, 15) is 4.79 Å². The van der Waals surface area contributed by atoms with Crippen molar-refractivity contribution in [2.75, 3.05) is 13.7 Å². The number of carbonyl (C=O) groups excluding carboxylic acids is 1. The molecule has 0 heterocycles. The van der Waals surface area contributed by atoms with E-state index in [-0.39, 0.29) is 12.2 Å². The Morgan fingerprint density at radius 1 is 1.56 bits per heavy atom. The Labute approximate surface area is 107 Å². The molecule has 0 saturated carbocycles. The summed E-state index contributed by atoms with van der Waals surface area (Å²) in [4.78, 5) is 11.6.